The van der Waals surface area contributed by atoms with Gasteiger partial charge in [-0.3, -0.25) is 0 Å². The maximum atomic E-state index is 5.34. The Bertz CT molecular complexity index is 1790. The molecule has 3 heterocycles. The first-order valence-electron chi connectivity index (χ1n) is 15.4. The molecule has 0 unspecified atom stereocenters. The Morgan fingerprint density at radius 1 is 0.311 bits per heavy atom. The van der Waals surface area contributed by atoms with Crippen LogP contribution >= 0.6 is 0 Å². The average Bonchev–Trinajstić information content (AvgIpc) is 3.12. The van der Waals surface area contributed by atoms with Gasteiger partial charge in [0.15, 0.2) is 0 Å². The van der Waals surface area contributed by atoms with Crippen LogP contribution in [0.15, 0.2) is 158 Å². The van der Waals surface area contributed by atoms with Crippen molar-refractivity contribution < 1.29 is 0 Å². The predicted octanol–water partition coefficient (Wildman–Crippen LogP) is 11.0. The highest BCUT2D eigenvalue weighted by Crippen LogP contribution is 2.35. The van der Waals surface area contributed by atoms with Crippen molar-refractivity contribution in [2.75, 3.05) is 0 Å². The van der Waals surface area contributed by atoms with E-state index in [1.165, 1.54) is 5.56 Å². The van der Waals surface area contributed by atoms with E-state index < -0.39 is 0 Å². The van der Waals surface area contributed by atoms with Gasteiger partial charge < -0.3 is 0 Å². The third-order valence-electron chi connectivity index (χ3n) is 8.03. The Kier molecular flexibility index (Phi) is 7.82. The summed E-state index contributed by atoms with van der Waals surface area (Å²) in [5.41, 5.74) is 13.1. The zero-order valence-corrected chi connectivity index (χ0v) is 25.4. The molecule has 0 amide bonds. The van der Waals surface area contributed by atoms with Crippen LogP contribution in [0.2, 0.25) is 0 Å². The van der Waals surface area contributed by atoms with Crippen LogP contribution < -0.4 is 0 Å². The number of hydrogen-bond donors (Lipinski definition) is 0. The van der Waals surface area contributed by atoms with E-state index in [0.717, 1.165) is 67.5 Å². The molecule has 0 bridgehead atoms. The summed E-state index contributed by atoms with van der Waals surface area (Å²) >= 11 is 0. The molecule has 4 aromatic carbocycles. The molecule has 7 rings (SSSR count). The van der Waals surface area contributed by atoms with E-state index in [2.05, 4.69) is 147 Å². The van der Waals surface area contributed by atoms with Crippen molar-refractivity contribution in [3.63, 3.8) is 0 Å². The second-order valence-electron chi connectivity index (χ2n) is 11.5. The number of benzene rings is 4. The molecule has 216 valence electrons. The normalized spacial score (nSPS) is 11.1. The van der Waals surface area contributed by atoms with Gasteiger partial charge in [0.05, 0.1) is 34.2 Å². The topological polar surface area (TPSA) is 38.7 Å². The molecule has 3 nitrogen and oxygen atoms in total. The third kappa shape index (κ3) is 6.20. The van der Waals surface area contributed by atoms with Crippen LogP contribution in [-0.4, -0.2) is 15.0 Å². The molecule has 0 fully saturated rings. The minimum absolute atomic E-state index is 0.318. The van der Waals surface area contributed by atoms with E-state index in [9.17, 15) is 0 Å². The van der Waals surface area contributed by atoms with Gasteiger partial charge in [-0.25, -0.2) is 15.0 Å². The van der Waals surface area contributed by atoms with Gasteiger partial charge in [0.25, 0.3) is 0 Å². The molecule has 0 radical (unpaired) electrons. The summed E-state index contributed by atoms with van der Waals surface area (Å²) in [6.07, 6.45) is 0. The molecule has 0 saturated heterocycles. The van der Waals surface area contributed by atoms with E-state index in [1.54, 1.807) is 0 Å². The molecule has 3 heteroatoms. The summed E-state index contributed by atoms with van der Waals surface area (Å²) < 4.78 is 0. The van der Waals surface area contributed by atoms with E-state index in [1.807, 2.05) is 24.3 Å². The van der Waals surface area contributed by atoms with Crippen LogP contribution in [0, 0.1) is 0 Å². The van der Waals surface area contributed by atoms with Crippen LogP contribution in [0.5, 0.6) is 0 Å². The number of rotatable bonds is 7. The van der Waals surface area contributed by atoms with Crippen LogP contribution in [0.4, 0.5) is 0 Å². The van der Waals surface area contributed by atoms with Crippen LogP contribution in [0.1, 0.15) is 25.3 Å². The molecule has 0 N–H and O–H groups in total. The highest BCUT2D eigenvalue weighted by molar-refractivity contribution is 5.79. The molecule has 0 saturated carbocycles. The summed E-state index contributed by atoms with van der Waals surface area (Å²) in [7, 11) is 0. The fraction of sp³-hybridized carbons (Fsp3) is 0.0714. The lowest BCUT2D eigenvalue weighted by atomic mass is 9.96. The fourth-order valence-corrected chi connectivity index (χ4v) is 5.56. The van der Waals surface area contributed by atoms with Gasteiger partial charge in [-0.1, -0.05) is 135 Å². The molecule has 0 spiro atoms. The highest BCUT2D eigenvalue weighted by Gasteiger charge is 2.15. The van der Waals surface area contributed by atoms with Gasteiger partial charge in [-0.05, 0) is 47.9 Å². The van der Waals surface area contributed by atoms with E-state index in [-0.39, 0.29) is 0 Å². The van der Waals surface area contributed by atoms with Crippen molar-refractivity contribution in [1.29, 1.82) is 0 Å². The lowest BCUT2D eigenvalue weighted by molar-refractivity contribution is 0.864. The first-order valence-corrected chi connectivity index (χ1v) is 15.4. The average molecular weight is 580 g/mol. The van der Waals surface area contributed by atoms with E-state index in [4.69, 9.17) is 15.0 Å². The number of aromatic nitrogens is 3. The van der Waals surface area contributed by atoms with Crippen molar-refractivity contribution in [3.05, 3.63) is 163 Å². The second kappa shape index (κ2) is 12.5. The molecule has 0 aliphatic rings. The Morgan fingerprint density at radius 3 is 0.800 bits per heavy atom. The number of hydrogen-bond acceptors (Lipinski definition) is 3. The van der Waals surface area contributed by atoms with Crippen molar-refractivity contribution in [1.82, 2.24) is 15.0 Å². The zero-order chi connectivity index (χ0) is 30.6. The summed E-state index contributed by atoms with van der Waals surface area (Å²) in [5, 5.41) is 0. The molecule has 0 aliphatic carbocycles. The van der Waals surface area contributed by atoms with Gasteiger partial charge in [0, 0.05) is 33.4 Å². The molecule has 3 aromatic heterocycles. The van der Waals surface area contributed by atoms with Gasteiger partial charge in [0.2, 0.25) is 0 Å². The van der Waals surface area contributed by atoms with Crippen molar-refractivity contribution >= 4 is 0 Å². The van der Waals surface area contributed by atoms with Crippen LogP contribution in [0.3, 0.4) is 0 Å². The molecule has 0 atom stereocenters. The van der Waals surface area contributed by atoms with Crippen molar-refractivity contribution in [2.24, 2.45) is 0 Å². The molecule has 0 aliphatic heterocycles. The summed E-state index contributed by atoms with van der Waals surface area (Å²) in [5.74, 6) is 0.318. The van der Waals surface area contributed by atoms with Gasteiger partial charge in [-0.2, -0.15) is 0 Å². The summed E-state index contributed by atoms with van der Waals surface area (Å²) in [6, 6.07) is 54.6. The van der Waals surface area contributed by atoms with Crippen LogP contribution in [0.25, 0.3) is 67.5 Å². The monoisotopic (exact) mass is 579 g/mol. The maximum Gasteiger partial charge on any atom is 0.0716 e. The summed E-state index contributed by atoms with van der Waals surface area (Å²) in [4.78, 5) is 15.5. The smallest absolute Gasteiger partial charge is 0.0716 e. The number of pyridine rings is 3. The second-order valence-corrected chi connectivity index (χ2v) is 11.5. The Morgan fingerprint density at radius 2 is 0.556 bits per heavy atom. The Labute approximate surface area is 265 Å². The molecule has 45 heavy (non-hydrogen) atoms. The van der Waals surface area contributed by atoms with E-state index >= 15 is 0 Å². The third-order valence-corrected chi connectivity index (χ3v) is 8.03. The minimum atomic E-state index is 0.318. The first kappa shape index (κ1) is 28.1. The molecular formula is C42H33N3. The van der Waals surface area contributed by atoms with Crippen molar-refractivity contribution in [2.45, 2.75) is 19.8 Å². The lowest BCUT2D eigenvalue weighted by Gasteiger charge is -2.15. The van der Waals surface area contributed by atoms with Gasteiger partial charge in [-0.15, -0.1) is 0 Å². The summed E-state index contributed by atoms with van der Waals surface area (Å²) in [6.45, 7) is 4.47. The Balaban J connectivity index is 1.43. The standard InChI is InChI=1S/C42H33N3/c1-29(2)34-23-41(35-25-37(30-15-7-3-8-16-30)43-38(26-35)31-17-9-4-10-18-31)45-42(24-34)36-27-39(32-19-11-5-12-20-32)44-40(28-36)33-21-13-6-14-22-33/h3-29H,1-2H3. The zero-order valence-electron chi connectivity index (χ0n) is 25.4. The highest BCUT2D eigenvalue weighted by atomic mass is 14.8. The fourth-order valence-electron chi connectivity index (χ4n) is 5.56. The first-order chi connectivity index (χ1) is 22.1. The molecule has 7 aromatic rings. The molecular weight excluding hydrogens is 546 g/mol. The quantitative estimate of drug-likeness (QED) is 0.188. The van der Waals surface area contributed by atoms with E-state index in [0.29, 0.717) is 5.92 Å². The van der Waals surface area contributed by atoms with Gasteiger partial charge in [0.1, 0.15) is 0 Å². The largest absolute Gasteiger partial charge is 0.248 e. The van der Waals surface area contributed by atoms with Crippen LogP contribution in [-0.2, 0) is 0 Å². The lowest BCUT2D eigenvalue weighted by Crippen LogP contribution is -1.98. The van der Waals surface area contributed by atoms with Crippen molar-refractivity contribution in [3.8, 4) is 67.5 Å². The number of nitrogens with zero attached hydrogens (tertiary/aromatic N) is 3. The SMILES string of the molecule is CC(C)c1cc(-c2cc(-c3ccccc3)nc(-c3ccccc3)c2)nc(-c2cc(-c3ccccc3)nc(-c3ccccc3)c2)c1. The Hall–Kier alpha value is -5.67. The minimum Gasteiger partial charge on any atom is -0.248 e. The maximum absolute atomic E-state index is 5.34. The predicted molar refractivity (Wildman–Crippen MR) is 187 cm³/mol. The van der Waals surface area contributed by atoms with Gasteiger partial charge >= 0.3 is 0 Å².